The van der Waals surface area contributed by atoms with Crippen molar-refractivity contribution in [2.24, 2.45) is 0 Å². The lowest BCUT2D eigenvalue weighted by Gasteiger charge is -2.31. The summed E-state index contributed by atoms with van der Waals surface area (Å²) in [5.74, 6) is 0. The number of hydrogen-bond donors (Lipinski definition) is 3. The van der Waals surface area contributed by atoms with Crippen molar-refractivity contribution in [2.45, 2.75) is 77.5 Å². The number of hydrogen-bond acceptors (Lipinski definition) is 4. The van der Waals surface area contributed by atoms with Crippen LogP contribution in [0.4, 0.5) is 8.78 Å². The van der Waals surface area contributed by atoms with Crippen LogP contribution in [0.2, 0.25) is 0 Å². The predicted molar refractivity (Wildman–Crippen MR) is 114 cm³/mol. The maximum atomic E-state index is 12.7. The molecular weight excluding hydrogens is 494 g/mol. The van der Waals surface area contributed by atoms with Gasteiger partial charge in [0.1, 0.15) is 0 Å². The molecule has 1 unspecified atom stereocenters. The van der Waals surface area contributed by atoms with Crippen molar-refractivity contribution in [3.05, 3.63) is 0 Å². The van der Waals surface area contributed by atoms with Crippen LogP contribution in [-0.4, -0.2) is 57.9 Å². The Bertz CT molecular complexity index is 413. The zero-order valence-corrected chi connectivity index (χ0v) is 20.2. The Hall–Kier alpha value is 0.620. The average Bonchev–Trinajstić information content (AvgIpc) is 2.53. The van der Waals surface area contributed by atoms with Gasteiger partial charge < -0.3 is 24.6 Å². The molecule has 0 aromatic heterocycles. The molecule has 27 heavy (non-hydrogen) atoms. The third-order valence-corrected chi connectivity index (χ3v) is 5.30. The SMILES string of the molecule is CCCC(C)(CC)NC(C)C.O=P(O)(O)C(F)(F)CCOCCOCCI. The summed E-state index contributed by atoms with van der Waals surface area (Å²) in [4.78, 5) is 16.6. The Labute approximate surface area is 176 Å². The van der Waals surface area contributed by atoms with E-state index in [1.165, 1.54) is 19.3 Å². The van der Waals surface area contributed by atoms with Gasteiger partial charge in [0.05, 0.1) is 26.4 Å². The summed E-state index contributed by atoms with van der Waals surface area (Å²) in [6.07, 6.45) is 2.77. The molecule has 3 N–H and O–H groups in total. The van der Waals surface area contributed by atoms with Crippen molar-refractivity contribution in [3.63, 3.8) is 0 Å². The van der Waals surface area contributed by atoms with Gasteiger partial charge in [0.25, 0.3) is 0 Å². The first-order chi connectivity index (χ1) is 12.3. The fraction of sp³-hybridized carbons (Fsp3) is 1.00. The minimum atomic E-state index is -5.38. The monoisotopic (exact) mass is 531 g/mol. The van der Waals surface area contributed by atoms with E-state index in [2.05, 4.69) is 62.5 Å². The van der Waals surface area contributed by atoms with E-state index < -0.39 is 26.3 Å². The molecule has 0 aliphatic carbocycles. The average molecular weight is 531 g/mol. The standard InChI is InChI=1S/C10H23N.C7H14F2IO5P/c1-6-8-10(5,7-2)11-9(3)4;8-7(9,16(11,12)13)1-3-14-5-6-15-4-2-10/h9,11H,6-8H2,1-5H3;1-6H2,(H2,11,12,13). The van der Waals surface area contributed by atoms with Gasteiger partial charge in [-0.2, -0.15) is 8.78 Å². The van der Waals surface area contributed by atoms with Gasteiger partial charge in [-0.3, -0.25) is 4.57 Å². The van der Waals surface area contributed by atoms with Crippen LogP contribution in [0.25, 0.3) is 0 Å². The number of ether oxygens (including phenoxy) is 2. The molecule has 0 aliphatic heterocycles. The third kappa shape index (κ3) is 16.1. The van der Waals surface area contributed by atoms with Crippen LogP contribution in [-0.2, 0) is 14.0 Å². The van der Waals surface area contributed by atoms with Gasteiger partial charge in [-0.05, 0) is 19.8 Å². The van der Waals surface area contributed by atoms with Crippen molar-refractivity contribution >= 4 is 30.2 Å². The Morgan fingerprint density at radius 1 is 1.07 bits per heavy atom. The maximum Gasteiger partial charge on any atom is 0.394 e. The van der Waals surface area contributed by atoms with E-state index in [9.17, 15) is 13.3 Å². The Morgan fingerprint density at radius 3 is 1.96 bits per heavy atom. The largest absolute Gasteiger partial charge is 0.394 e. The molecule has 0 rings (SSSR count). The van der Waals surface area contributed by atoms with Gasteiger partial charge >= 0.3 is 13.3 Å². The van der Waals surface area contributed by atoms with E-state index in [4.69, 9.17) is 19.3 Å². The second kappa shape index (κ2) is 15.5. The maximum absolute atomic E-state index is 12.7. The lowest BCUT2D eigenvalue weighted by atomic mass is 9.92. The smallest absolute Gasteiger partial charge is 0.379 e. The van der Waals surface area contributed by atoms with Crippen LogP contribution >= 0.6 is 30.2 Å². The minimum Gasteiger partial charge on any atom is -0.379 e. The molecular formula is C17H37F2INO5P. The van der Waals surface area contributed by atoms with Crippen molar-refractivity contribution < 1.29 is 32.6 Å². The highest BCUT2D eigenvalue weighted by Crippen LogP contribution is 2.54. The van der Waals surface area contributed by atoms with Crippen molar-refractivity contribution in [2.75, 3.05) is 30.9 Å². The fourth-order valence-electron chi connectivity index (χ4n) is 2.32. The minimum absolute atomic E-state index is 0.133. The highest BCUT2D eigenvalue weighted by atomic mass is 127. The quantitative estimate of drug-likeness (QED) is 0.132. The van der Waals surface area contributed by atoms with E-state index in [0.29, 0.717) is 18.2 Å². The topological polar surface area (TPSA) is 88.0 Å². The number of nitrogens with one attached hydrogen (secondary N) is 1. The van der Waals surface area contributed by atoms with Crippen LogP contribution in [0.3, 0.4) is 0 Å². The Morgan fingerprint density at radius 2 is 1.59 bits per heavy atom. The fourth-order valence-corrected chi connectivity index (χ4v) is 3.01. The molecule has 0 fully saturated rings. The molecule has 0 aromatic carbocycles. The molecule has 0 spiro atoms. The van der Waals surface area contributed by atoms with Crippen molar-refractivity contribution in [1.82, 2.24) is 5.32 Å². The van der Waals surface area contributed by atoms with Crippen LogP contribution < -0.4 is 5.32 Å². The first kappa shape index (κ1) is 29.8. The summed E-state index contributed by atoms with van der Waals surface area (Å²) >= 11 is 2.12. The number of rotatable bonds is 14. The Kier molecular flexibility index (Phi) is 17.1. The third-order valence-electron chi connectivity index (χ3n) is 3.79. The van der Waals surface area contributed by atoms with E-state index in [1.54, 1.807) is 0 Å². The van der Waals surface area contributed by atoms with Crippen LogP contribution in [0.5, 0.6) is 0 Å². The number of halogens is 3. The molecule has 0 aromatic rings. The molecule has 0 amide bonds. The second-order valence-corrected chi connectivity index (χ2v) is 9.66. The van der Waals surface area contributed by atoms with Crippen LogP contribution in [0.1, 0.15) is 60.3 Å². The summed E-state index contributed by atoms with van der Waals surface area (Å²) < 4.78 is 46.3. The first-order valence-corrected chi connectivity index (χ1v) is 12.4. The summed E-state index contributed by atoms with van der Waals surface area (Å²) in [5.41, 5.74) is -3.65. The molecule has 0 aliphatic rings. The van der Waals surface area contributed by atoms with Crippen LogP contribution in [0.15, 0.2) is 0 Å². The highest BCUT2D eigenvalue weighted by molar-refractivity contribution is 14.1. The second-order valence-electron chi connectivity index (χ2n) is 6.84. The van der Waals surface area contributed by atoms with Crippen LogP contribution in [0, 0.1) is 0 Å². The van der Waals surface area contributed by atoms with Crippen molar-refractivity contribution in [1.29, 1.82) is 0 Å². The summed E-state index contributed by atoms with van der Waals surface area (Å²) in [6.45, 7) is 11.8. The van der Waals surface area contributed by atoms with Gasteiger partial charge in [0.2, 0.25) is 0 Å². The molecule has 0 heterocycles. The molecule has 0 bridgehead atoms. The van der Waals surface area contributed by atoms with Gasteiger partial charge in [-0.25, -0.2) is 0 Å². The zero-order valence-electron chi connectivity index (χ0n) is 17.1. The predicted octanol–water partition coefficient (Wildman–Crippen LogP) is 4.57. The Balaban J connectivity index is 0. The molecule has 166 valence electrons. The first-order valence-electron chi connectivity index (χ1n) is 9.27. The van der Waals surface area contributed by atoms with Gasteiger partial charge in [0, 0.05) is 22.4 Å². The van der Waals surface area contributed by atoms with Gasteiger partial charge in [0.15, 0.2) is 0 Å². The molecule has 1 atom stereocenters. The summed E-state index contributed by atoms with van der Waals surface area (Å²) in [7, 11) is -5.38. The normalized spacial score (nSPS) is 14.6. The van der Waals surface area contributed by atoms with E-state index in [-0.39, 0.29) is 13.2 Å². The molecule has 0 radical (unpaired) electrons. The van der Waals surface area contributed by atoms with E-state index >= 15 is 0 Å². The zero-order chi connectivity index (χ0) is 21.6. The molecule has 0 saturated carbocycles. The van der Waals surface area contributed by atoms with Gasteiger partial charge in [-0.15, -0.1) is 0 Å². The summed E-state index contributed by atoms with van der Waals surface area (Å²) in [5, 5.41) is 3.61. The lowest BCUT2D eigenvalue weighted by Crippen LogP contribution is -2.45. The summed E-state index contributed by atoms with van der Waals surface area (Å²) in [6, 6.07) is 0.603. The molecule has 6 nitrogen and oxygen atoms in total. The van der Waals surface area contributed by atoms with Crippen molar-refractivity contribution in [3.8, 4) is 0 Å². The van der Waals surface area contributed by atoms with E-state index in [1.807, 2.05) is 0 Å². The van der Waals surface area contributed by atoms with Gasteiger partial charge in [-0.1, -0.05) is 56.7 Å². The lowest BCUT2D eigenvalue weighted by molar-refractivity contribution is 0.000560. The molecule has 10 heteroatoms. The number of alkyl halides is 3. The molecule has 0 saturated heterocycles. The highest BCUT2D eigenvalue weighted by Gasteiger charge is 2.47. The van der Waals surface area contributed by atoms with E-state index in [0.717, 1.165) is 4.43 Å².